The molecule has 1 aromatic heterocycles. The predicted octanol–water partition coefficient (Wildman–Crippen LogP) is 4.46. The molecular weight excluding hydrogens is 404 g/mol. The fraction of sp³-hybridized carbons (Fsp3) is 0.130. The van der Waals surface area contributed by atoms with Crippen LogP contribution in [0.5, 0.6) is 0 Å². The van der Waals surface area contributed by atoms with Crippen LogP contribution in [0.1, 0.15) is 38.8 Å². The number of halogens is 1. The number of aromatic nitrogens is 1. The zero-order valence-electron chi connectivity index (χ0n) is 16.4. The van der Waals surface area contributed by atoms with Gasteiger partial charge in [-0.1, -0.05) is 59.6 Å². The quantitative estimate of drug-likeness (QED) is 0.360. The molecule has 1 N–H and O–H groups in total. The third kappa shape index (κ3) is 4.90. The molecule has 0 bridgehead atoms. The van der Waals surface area contributed by atoms with Gasteiger partial charge < -0.3 is 10.1 Å². The zero-order chi connectivity index (χ0) is 21.7. The minimum absolute atomic E-state index is 0.0853. The topological polar surface area (TPSA) is 85.4 Å². The fourth-order valence-electron chi connectivity index (χ4n) is 2.71. The number of carbonyl (C=O) groups excluding carboxylic acids is 3. The number of aryl methyl sites for hydroxylation is 1. The highest BCUT2D eigenvalue weighted by Gasteiger charge is 2.24. The Kier molecular flexibility index (Phi) is 6.59. The first-order valence-corrected chi connectivity index (χ1v) is 9.57. The molecule has 1 amide bonds. The van der Waals surface area contributed by atoms with Crippen molar-refractivity contribution in [2.45, 2.75) is 20.0 Å². The summed E-state index contributed by atoms with van der Waals surface area (Å²) in [6, 6.07) is 16.6. The van der Waals surface area contributed by atoms with E-state index in [9.17, 15) is 14.4 Å². The smallest absolute Gasteiger partial charge is 0.339 e. The lowest BCUT2D eigenvalue weighted by Crippen LogP contribution is -2.30. The molecule has 0 radical (unpaired) electrons. The van der Waals surface area contributed by atoms with Crippen molar-refractivity contribution in [1.82, 2.24) is 4.98 Å². The summed E-state index contributed by atoms with van der Waals surface area (Å²) in [4.78, 5) is 41.8. The van der Waals surface area contributed by atoms with Crippen LogP contribution < -0.4 is 5.32 Å². The number of hydrogen-bond donors (Lipinski definition) is 1. The van der Waals surface area contributed by atoms with Gasteiger partial charge in [0.25, 0.3) is 5.91 Å². The Bertz CT molecular complexity index is 1100. The van der Waals surface area contributed by atoms with Crippen LogP contribution in [0.15, 0.2) is 66.9 Å². The minimum Gasteiger partial charge on any atom is -0.449 e. The van der Waals surface area contributed by atoms with Crippen LogP contribution >= 0.6 is 11.6 Å². The Morgan fingerprint density at radius 3 is 2.30 bits per heavy atom. The normalized spacial score (nSPS) is 11.4. The monoisotopic (exact) mass is 422 g/mol. The molecule has 0 aliphatic heterocycles. The fourth-order valence-corrected chi connectivity index (χ4v) is 2.88. The van der Waals surface area contributed by atoms with Gasteiger partial charge in [-0.2, -0.15) is 0 Å². The summed E-state index contributed by atoms with van der Waals surface area (Å²) in [7, 11) is 0. The van der Waals surface area contributed by atoms with E-state index < -0.39 is 18.0 Å². The lowest BCUT2D eigenvalue weighted by atomic mass is 9.98. The highest BCUT2D eigenvalue weighted by Crippen LogP contribution is 2.19. The van der Waals surface area contributed by atoms with E-state index in [0.717, 1.165) is 5.56 Å². The van der Waals surface area contributed by atoms with Crippen molar-refractivity contribution in [3.8, 4) is 0 Å². The van der Waals surface area contributed by atoms with Crippen molar-refractivity contribution in [2.24, 2.45) is 0 Å². The molecule has 6 nitrogen and oxygen atoms in total. The van der Waals surface area contributed by atoms with Crippen molar-refractivity contribution < 1.29 is 19.1 Å². The van der Waals surface area contributed by atoms with E-state index in [2.05, 4.69) is 10.3 Å². The maximum atomic E-state index is 12.9. The first-order valence-electron chi connectivity index (χ1n) is 9.19. The Morgan fingerprint density at radius 2 is 1.63 bits per heavy atom. The summed E-state index contributed by atoms with van der Waals surface area (Å²) < 4.78 is 5.29. The Hall–Kier alpha value is -3.51. The van der Waals surface area contributed by atoms with Gasteiger partial charge in [0.2, 0.25) is 0 Å². The molecule has 152 valence electrons. The second-order valence-electron chi connectivity index (χ2n) is 6.62. The molecule has 0 aliphatic rings. The number of anilines is 1. The van der Waals surface area contributed by atoms with Gasteiger partial charge in [-0.25, -0.2) is 9.78 Å². The summed E-state index contributed by atoms with van der Waals surface area (Å²) in [6.45, 7) is 3.35. The number of benzene rings is 2. The van der Waals surface area contributed by atoms with Crippen LogP contribution in [-0.2, 0) is 9.53 Å². The lowest BCUT2D eigenvalue weighted by Gasteiger charge is -2.15. The van der Waals surface area contributed by atoms with Crippen LogP contribution in [0.4, 0.5) is 5.69 Å². The number of carbonyl (C=O) groups is 3. The number of amides is 1. The van der Waals surface area contributed by atoms with Crippen LogP contribution in [0, 0.1) is 6.92 Å². The Morgan fingerprint density at radius 1 is 0.967 bits per heavy atom. The summed E-state index contributed by atoms with van der Waals surface area (Å²) >= 11 is 5.93. The van der Waals surface area contributed by atoms with Gasteiger partial charge in [-0.3, -0.25) is 9.59 Å². The summed E-state index contributed by atoms with van der Waals surface area (Å²) in [5.74, 6) is -1.65. The Labute approximate surface area is 178 Å². The number of ketones is 1. The van der Waals surface area contributed by atoms with E-state index in [1.165, 1.54) is 19.2 Å². The molecule has 1 heterocycles. The maximum absolute atomic E-state index is 12.9. The van der Waals surface area contributed by atoms with Crippen LogP contribution in [0.2, 0.25) is 5.15 Å². The number of nitrogens with zero attached hydrogens (tertiary/aromatic N) is 1. The van der Waals surface area contributed by atoms with E-state index in [1.54, 1.807) is 42.5 Å². The standard InChI is InChI=1S/C23H19ClN2O4/c1-14-9-11-16(12-10-14)20(27)17-6-3-4-7-18(17)23(29)30-15(2)22(28)26-19-8-5-13-25-21(19)24/h3-13,15H,1-2H3,(H,26,28). The second kappa shape index (κ2) is 9.33. The summed E-state index contributed by atoms with van der Waals surface area (Å²) in [5.41, 5.74) is 2.07. The first-order chi connectivity index (χ1) is 14.4. The van der Waals surface area contributed by atoms with Crippen LogP contribution in [0.25, 0.3) is 0 Å². The van der Waals surface area contributed by atoms with Gasteiger partial charge in [0.05, 0.1) is 11.3 Å². The van der Waals surface area contributed by atoms with Crippen molar-refractivity contribution in [3.05, 3.63) is 94.3 Å². The van der Waals surface area contributed by atoms with Crippen molar-refractivity contribution >= 4 is 34.9 Å². The maximum Gasteiger partial charge on any atom is 0.339 e. The van der Waals surface area contributed by atoms with E-state index in [0.29, 0.717) is 11.3 Å². The molecule has 3 rings (SSSR count). The molecule has 30 heavy (non-hydrogen) atoms. The second-order valence-corrected chi connectivity index (χ2v) is 6.98. The molecule has 3 aromatic rings. The van der Waals surface area contributed by atoms with E-state index in [-0.39, 0.29) is 22.1 Å². The third-order valence-electron chi connectivity index (χ3n) is 4.38. The summed E-state index contributed by atoms with van der Waals surface area (Å²) in [5, 5.41) is 2.68. The van der Waals surface area contributed by atoms with Crippen LogP contribution in [-0.4, -0.2) is 28.7 Å². The van der Waals surface area contributed by atoms with Crippen molar-refractivity contribution in [2.75, 3.05) is 5.32 Å². The van der Waals surface area contributed by atoms with E-state index >= 15 is 0 Å². The molecule has 0 saturated heterocycles. The Balaban J connectivity index is 1.75. The van der Waals surface area contributed by atoms with Gasteiger partial charge in [-0.15, -0.1) is 0 Å². The van der Waals surface area contributed by atoms with E-state index in [4.69, 9.17) is 16.3 Å². The lowest BCUT2D eigenvalue weighted by molar-refractivity contribution is -0.123. The highest BCUT2D eigenvalue weighted by molar-refractivity contribution is 6.32. The molecule has 7 heteroatoms. The van der Waals surface area contributed by atoms with Crippen molar-refractivity contribution in [1.29, 1.82) is 0 Å². The van der Waals surface area contributed by atoms with Crippen molar-refractivity contribution in [3.63, 3.8) is 0 Å². The first kappa shape index (κ1) is 21.2. The number of hydrogen-bond acceptors (Lipinski definition) is 5. The summed E-state index contributed by atoms with van der Waals surface area (Å²) in [6.07, 6.45) is 0.375. The number of ether oxygens (including phenoxy) is 1. The number of rotatable bonds is 6. The van der Waals surface area contributed by atoms with E-state index in [1.807, 2.05) is 19.1 Å². The molecule has 0 aliphatic carbocycles. The molecule has 0 saturated carbocycles. The number of pyridine rings is 1. The van der Waals surface area contributed by atoms with Crippen LogP contribution in [0.3, 0.4) is 0 Å². The van der Waals surface area contributed by atoms with Gasteiger partial charge in [0.15, 0.2) is 17.0 Å². The highest BCUT2D eigenvalue weighted by atomic mass is 35.5. The van der Waals surface area contributed by atoms with Gasteiger partial charge >= 0.3 is 5.97 Å². The average molecular weight is 423 g/mol. The largest absolute Gasteiger partial charge is 0.449 e. The number of nitrogens with one attached hydrogen (secondary N) is 1. The molecule has 0 spiro atoms. The predicted molar refractivity (Wildman–Crippen MR) is 114 cm³/mol. The molecule has 1 atom stereocenters. The van der Waals surface area contributed by atoms with Gasteiger partial charge in [-0.05, 0) is 32.0 Å². The molecule has 2 aromatic carbocycles. The van der Waals surface area contributed by atoms with Gasteiger partial charge in [0.1, 0.15) is 0 Å². The minimum atomic E-state index is -1.11. The number of esters is 1. The SMILES string of the molecule is Cc1ccc(C(=O)c2ccccc2C(=O)OC(C)C(=O)Nc2cccnc2Cl)cc1. The zero-order valence-corrected chi connectivity index (χ0v) is 17.1. The molecular formula is C23H19ClN2O4. The molecule has 1 unspecified atom stereocenters. The molecule has 0 fully saturated rings. The van der Waals surface area contributed by atoms with Gasteiger partial charge in [0, 0.05) is 17.3 Å². The third-order valence-corrected chi connectivity index (χ3v) is 4.68. The average Bonchev–Trinajstić information content (AvgIpc) is 2.75.